The Morgan fingerprint density at radius 1 is 1.22 bits per heavy atom. The fourth-order valence-electron chi connectivity index (χ4n) is 2.02. The van der Waals surface area contributed by atoms with Gasteiger partial charge in [-0.3, -0.25) is 4.79 Å². The van der Waals surface area contributed by atoms with Crippen LogP contribution < -0.4 is 4.74 Å². The molecule has 0 fully saturated rings. The number of amides is 1. The van der Waals surface area contributed by atoms with Crippen molar-refractivity contribution in [2.45, 2.75) is 26.9 Å². The van der Waals surface area contributed by atoms with Crippen LogP contribution >= 0.6 is 0 Å². The molecule has 0 unspecified atom stereocenters. The van der Waals surface area contributed by atoms with Crippen molar-refractivity contribution < 1.29 is 22.7 Å². The van der Waals surface area contributed by atoms with Gasteiger partial charge >= 0.3 is 6.18 Å². The van der Waals surface area contributed by atoms with Gasteiger partial charge in [0.2, 0.25) is 5.91 Å². The van der Waals surface area contributed by atoms with Crippen LogP contribution in [0.5, 0.6) is 5.75 Å². The van der Waals surface area contributed by atoms with Gasteiger partial charge in [-0.1, -0.05) is 32.9 Å². The third kappa shape index (κ3) is 7.72. The Labute approximate surface area is 134 Å². The van der Waals surface area contributed by atoms with E-state index in [-0.39, 0.29) is 6.54 Å². The van der Waals surface area contributed by atoms with Gasteiger partial charge < -0.3 is 9.64 Å². The Balaban J connectivity index is 2.88. The quantitative estimate of drug-likeness (QED) is 0.760. The summed E-state index contributed by atoms with van der Waals surface area (Å²) in [7, 11) is 1.52. The van der Waals surface area contributed by atoms with Gasteiger partial charge in [-0.25, -0.2) is 0 Å². The van der Waals surface area contributed by atoms with Crippen molar-refractivity contribution in [1.82, 2.24) is 4.90 Å². The van der Waals surface area contributed by atoms with Crippen LogP contribution in [0.25, 0.3) is 6.08 Å². The first-order valence-corrected chi connectivity index (χ1v) is 7.18. The third-order valence-corrected chi connectivity index (χ3v) is 2.86. The molecule has 0 aliphatic heterocycles. The Kier molecular flexibility index (Phi) is 6.24. The largest absolute Gasteiger partial charge is 0.497 e. The van der Waals surface area contributed by atoms with Gasteiger partial charge in [0.25, 0.3) is 0 Å². The molecule has 0 aliphatic carbocycles. The third-order valence-electron chi connectivity index (χ3n) is 2.86. The standard InChI is InChI=1S/C17H22F3NO2/c1-16(2,3)11-21(12-17(18,19)20)15(22)9-8-13-6-5-7-14(10-13)23-4/h5-10H,11-12H2,1-4H3/b9-8+. The number of carbonyl (C=O) groups is 1. The lowest BCUT2D eigenvalue weighted by molar-refractivity contribution is -0.160. The minimum Gasteiger partial charge on any atom is -0.497 e. The van der Waals surface area contributed by atoms with Crippen LogP contribution in [0.3, 0.4) is 0 Å². The van der Waals surface area contributed by atoms with E-state index < -0.39 is 24.0 Å². The molecule has 0 radical (unpaired) electrons. The lowest BCUT2D eigenvalue weighted by atomic mass is 9.96. The van der Waals surface area contributed by atoms with Crippen molar-refractivity contribution in [2.24, 2.45) is 5.41 Å². The topological polar surface area (TPSA) is 29.5 Å². The Morgan fingerprint density at radius 2 is 1.87 bits per heavy atom. The maximum atomic E-state index is 12.7. The number of hydrogen-bond donors (Lipinski definition) is 0. The summed E-state index contributed by atoms with van der Waals surface area (Å²) in [6.07, 6.45) is -1.78. The maximum Gasteiger partial charge on any atom is 0.406 e. The highest BCUT2D eigenvalue weighted by molar-refractivity contribution is 5.91. The number of ether oxygens (including phenoxy) is 1. The van der Waals surface area contributed by atoms with E-state index in [1.54, 1.807) is 45.0 Å². The van der Waals surface area contributed by atoms with E-state index in [0.29, 0.717) is 11.3 Å². The summed E-state index contributed by atoms with van der Waals surface area (Å²) >= 11 is 0. The number of halogens is 3. The molecule has 0 atom stereocenters. The van der Waals surface area contributed by atoms with E-state index in [2.05, 4.69) is 0 Å². The van der Waals surface area contributed by atoms with Crippen LogP contribution in [-0.4, -0.2) is 37.2 Å². The van der Waals surface area contributed by atoms with Gasteiger partial charge in [-0.05, 0) is 29.2 Å². The van der Waals surface area contributed by atoms with E-state index in [4.69, 9.17) is 4.74 Å². The Hall–Kier alpha value is -1.98. The van der Waals surface area contributed by atoms with Crippen LogP contribution in [0.15, 0.2) is 30.3 Å². The van der Waals surface area contributed by atoms with Gasteiger partial charge in [0.05, 0.1) is 7.11 Å². The normalized spacial score (nSPS) is 12.5. The van der Waals surface area contributed by atoms with Crippen LogP contribution in [0.2, 0.25) is 0 Å². The van der Waals surface area contributed by atoms with Gasteiger partial charge in [0, 0.05) is 12.6 Å². The molecule has 1 amide bonds. The summed E-state index contributed by atoms with van der Waals surface area (Å²) in [6.45, 7) is 4.12. The second-order valence-corrected chi connectivity index (χ2v) is 6.48. The molecule has 1 aromatic carbocycles. The summed E-state index contributed by atoms with van der Waals surface area (Å²) in [6, 6.07) is 6.92. The summed E-state index contributed by atoms with van der Waals surface area (Å²) in [5.74, 6) is -0.0542. The van der Waals surface area contributed by atoms with E-state index in [9.17, 15) is 18.0 Å². The van der Waals surface area contributed by atoms with E-state index in [0.717, 1.165) is 11.0 Å². The second kappa shape index (κ2) is 7.53. The van der Waals surface area contributed by atoms with Crippen molar-refractivity contribution in [1.29, 1.82) is 0 Å². The van der Waals surface area contributed by atoms with E-state index >= 15 is 0 Å². The predicted octanol–water partition coefficient (Wildman–Crippen LogP) is 4.15. The lowest BCUT2D eigenvalue weighted by Crippen LogP contribution is -2.42. The van der Waals surface area contributed by atoms with Crippen LogP contribution in [-0.2, 0) is 4.79 Å². The van der Waals surface area contributed by atoms with Crippen molar-refractivity contribution in [3.8, 4) is 5.75 Å². The van der Waals surface area contributed by atoms with Gasteiger partial charge in [0.15, 0.2) is 0 Å². The molecule has 1 aromatic rings. The number of alkyl halides is 3. The van der Waals surface area contributed by atoms with Crippen LogP contribution in [0, 0.1) is 5.41 Å². The Morgan fingerprint density at radius 3 is 2.39 bits per heavy atom. The highest BCUT2D eigenvalue weighted by Crippen LogP contribution is 2.22. The molecule has 0 heterocycles. The minimum atomic E-state index is -4.43. The number of hydrogen-bond acceptors (Lipinski definition) is 2. The summed E-state index contributed by atoms with van der Waals surface area (Å²) in [5, 5.41) is 0. The number of methoxy groups -OCH3 is 1. The highest BCUT2D eigenvalue weighted by Gasteiger charge is 2.34. The van der Waals surface area contributed by atoms with Crippen molar-refractivity contribution in [2.75, 3.05) is 20.2 Å². The number of rotatable bonds is 5. The van der Waals surface area contributed by atoms with Gasteiger partial charge in [-0.15, -0.1) is 0 Å². The van der Waals surface area contributed by atoms with Crippen molar-refractivity contribution >= 4 is 12.0 Å². The monoisotopic (exact) mass is 329 g/mol. The van der Waals surface area contributed by atoms with E-state index in [1.165, 1.54) is 13.2 Å². The zero-order valence-electron chi connectivity index (χ0n) is 13.8. The van der Waals surface area contributed by atoms with Crippen LogP contribution in [0.4, 0.5) is 13.2 Å². The molecule has 0 saturated heterocycles. The zero-order chi connectivity index (χ0) is 17.7. The highest BCUT2D eigenvalue weighted by atomic mass is 19.4. The average molecular weight is 329 g/mol. The van der Waals surface area contributed by atoms with Crippen LogP contribution in [0.1, 0.15) is 26.3 Å². The summed E-state index contributed by atoms with van der Waals surface area (Å²) < 4.78 is 43.1. The maximum absolute atomic E-state index is 12.7. The zero-order valence-corrected chi connectivity index (χ0v) is 13.8. The molecule has 128 valence electrons. The molecular weight excluding hydrogens is 307 g/mol. The molecule has 0 bridgehead atoms. The predicted molar refractivity (Wildman–Crippen MR) is 84.1 cm³/mol. The fraction of sp³-hybridized carbons (Fsp3) is 0.471. The van der Waals surface area contributed by atoms with E-state index in [1.807, 2.05) is 0 Å². The molecule has 1 rings (SSSR count). The van der Waals surface area contributed by atoms with Gasteiger partial charge in [0.1, 0.15) is 12.3 Å². The van der Waals surface area contributed by atoms with Crippen molar-refractivity contribution in [3.05, 3.63) is 35.9 Å². The molecule has 0 N–H and O–H groups in total. The average Bonchev–Trinajstić information content (AvgIpc) is 2.41. The smallest absolute Gasteiger partial charge is 0.406 e. The molecular formula is C17H22F3NO2. The van der Waals surface area contributed by atoms with Crippen molar-refractivity contribution in [3.63, 3.8) is 0 Å². The number of benzene rings is 1. The number of nitrogens with zero attached hydrogens (tertiary/aromatic N) is 1. The minimum absolute atomic E-state index is 0.0216. The second-order valence-electron chi connectivity index (χ2n) is 6.48. The lowest BCUT2D eigenvalue weighted by Gasteiger charge is -2.29. The summed E-state index contributed by atoms with van der Waals surface area (Å²) in [5.41, 5.74) is 0.255. The molecule has 0 aliphatic rings. The van der Waals surface area contributed by atoms with Gasteiger partial charge in [-0.2, -0.15) is 13.2 Å². The first-order valence-electron chi connectivity index (χ1n) is 7.18. The molecule has 0 aromatic heterocycles. The first kappa shape index (κ1) is 19.1. The molecule has 0 saturated carbocycles. The molecule has 3 nitrogen and oxygen atoms in total. The molecule has 23 heavy (non-hydrogen) atoms. The Bertz CT molecular complexity index is 544. The number of carbonyl (C=O) groups excluding carboxylic acids is 1. The molecule has 0 spiro atoms. The first-order chi connectivity index (χ1) is 10.5. The SMILES string of the molecule is COc1cccc(/C=C/C(=O)N(CC(C)(C)C)CC(F)(F)F)c1. The fourth-order valence-corrected chi connectivity index (χ4v) is 2.02. The summed E-state index contributed by atoms with van der Waals surface area (Å²) in [4.78, 5) is 13.0. The molecule has 6 heteroatoms.